The van der Waals surface area contributed by atoms with Crippen molar-refractivity contribution in [1.29, 1.82) is 0 Å². The lowest BCUT2D eigenvalue weighted by Crippen LogP contribution is -2.19. The molecule has 0 unspecified atom stereocenters. The molecule has 150 valence electrons. The molecular weight excluding hydrogens is 384 g/mol. The molecule has 8 nitrogen and oxygen atoms in total. The summed E-state index contributed by atoms with van der Waals surface area (Å²) in [4.78, 5) is 24.2. The van der Waals surface area contributed by atoms with Crippen LogP contribution in [0.15, 0.2) is 83.0 Å². The zero-order chi connectivity index (χ0) is 21.3. The highest BCUT2D eigenvalue weighted by Crippen LogP contribution is 2.09. The minimum Gasteiger partial charge on any atom is -0.508 e. The second-order valence-electron chi connectivity index (χ2n) is 6.16. The van der Waals surface area contributed by atoms with Crippen LogP contribution in [-0.2, 0) is 0 Å². The SMILES string of the molecule is O=C(NN=Cc1ccc(O)cc1)c1ccc(C(=O)NN=Cc2ccc(O)cc2)cc1. The van der Waals surface area contributed by atoms with E-state index in [2.05, 4.69) is 21.1 Å². The average Bonchev–Trinajstić information content (AvgIpc) is 2.76. The molecule has 8 heteroatoms. The molecule has 4 N–H and O–H groups in total. The van der Waals surface area contributed by atoms with Crippen molar-refractivity contribution in [2.45, 2.75) is 0 Å². The van der Waals surface area contributed by atoms with Crippen LogP contribution in [0.2, 0.25) is 0 Å². The molecule has 3 aromatic carbocycles. The largest absolute Gasteiger partial charge is 0.508 e. The first-order valence-electron chi connectivity index (χ1n) is 8.86. The molecule has 0 aliphatic heterocycles. The zero-order valence-corrected chi connectivity index (χ0v) is 15.7. The first-order chi connectivity index (χ1) is 14.5. The number of hydrogen-bond acceptors (Lipinski definition) is 6. The molecule has 0 atom stereocenters. The van der Waals surface area contributed by atoms with Crippen LogP contribution in [0.5, 0.6) is 11.5 Å². The van der Waals surface area contributed by atoms with Crippen LogP contribution in [0, 0.1) is 0 Å². The number of nitrogens with one attached hydrogen (secondary N) is 2. The molecule has 0 saturated heterocycles. The third kappa shape index (κ3) is 5.77. The molecule has 3 aromatic rings. The smallest absolute Gasteiger partial charge is 0.271 e. The number of nitrogens with zero attached hydrogens (tertiary/aromatic N) is 2. The Morgan fingerprint density at radius 1 is 0.600 bits per heavy atom. The van der Waals surface area contributed by atoms with Gasteiger partial charge in [0.05, 0.1) is 12.4 Å². The first kappa shape index (κ1) is 20.3. The standard InChI is InChI=1S/C22H18N4O4/c27-19-9-1-15(2-10-19)13-23-25-21(29)17-5-7-18(8-6-17)22(30)26-24-14-16-3-11-20(28)12-4-16/h1-14,27-28H,(H,25,29)(H,26,30). The zero-order valence-electron chi connectivity index (χ0n) is 15.7. The molecular formula is C22H18N4O4. The molecule has 30 heavy (non-hydrogen) atoms. The third-order valence-corrected chi connectivity index (χ3v) is 3.95. The lowest BCUT2D eigenvalue weighted by atomic mass is 10.1. The van der Waals surface area contributed by atoms with Gasteiger partial charge >= 0.3 is 0 Å². The molecule has 0 fully saturated rings. The van der Waals surface area contributed by atoms with E-state index in [1.807, 2.05) is 0 Å². The normalized spacial score (nSPS) is 10.9. The van der Waals surface area contributed by atoms with E-state index in [0.29, 0.717) is 22.3 Å². The van der Waals surface area contributed by atoms with E-state index in [4.69, 9.17) is 0 Å². The van der Waals surface area contributed by atoms with Crippen molar-refractivity contribution >= 4 is 24.2 Å². The van der Waals surface area contributed by atoms with E-state index >= 15 is 0 Å². The summed E-state index contributed by atoms with van der Waals surface area (Å²) >= 11 is 0. The summed E-state index contributed by atoms with van der Waals surface area (Å²) in [6.07, 6.45) is 2.90. The second kappa shape index (κ2) is 9.65. The number of carbonyl (C=O) groups is 2. The van der Waals surface area contributed by atoms with E-state index in [-0.39, 0.29) is 11.5 Å². The van der Waals surface area contributed by atoms with Crippen LogP contribution in [-0.4, -0.2) is 34.5 Å². The fourth-order valence-corrected chi connectivity index (χ4v) is 2.35. The number of hydrogen-bond donors (Lipinski definition) is 4. The molecule has 0 bridgehead atoms. The van der Waals surface area contributed by atoms with Crippen molar-refractivity contribution in [3.63, 3.8) is 0 Å². The van der Waals surface area contributed by atoms with Crippen molar-refractivity contribution in [2.75, 3.05) is 0 Å². The van der Waals surface area contributed by atoms with Gasteiger partial charge in [0.25, 0.3) is 11.8 Å². The second-order valence-corrected chi connectivity index (χ2v) is 6.16. The predicted molar refractivity (Wildman–Crippen MR) is 113 cm³/mol. The van der Waals surface area contributed by atoms with Gasteiger partial charge in [-0.05, 0) is 83.9 Å². The number of rotatable bonds is 6. The van der Waals surface area contributed by atoms with Crippen LogP contribution >= 0.6 is 0 Å². The van der Waals surface area contributed by atoms with Gasteiger partial charge in [-0.15, -0.1) is 0 Å². The topological polar surface area (TPSA) is 123 Å². The molecule has 3 rings (SSSR count). The third-order valence-electron chi connectivity index (χ3n) is 3.95. The Morgan fingerprint density at radius 3 is 1.27 bits per heavy atom. The fourth-order valence-electron chi connectivity index (χ4n) is 2.35. The maximum absolute atomic E-state index is 12.1. The van der Waals surface area contributed by atoms with E-state index < -0.39 is 11.8 Å². The van der Waals surface area contributed by atoms with Crippen LogP contribution in [0.25, 0.3) is 0 Å². The van der Waals surface area contributed by atoms with Crippen molar-refractivity contribution in [3.05, 3.63) is 95.1 Å². The van der Waals surface area contributed by atoms with E-state index in [0.717, 1.165) is 0 Å². The molecule has 0 aliphatic rings. The fraction of sp³-hybridized carbons (Fsp3) is 0. The number of carbonyl (C=O) groups excluding carboxylic acids is 2. The van der Waals surface area contributed by atoms with Crippen LogP contribution in [0.4, 0.5) is 0 Å². The Hall–Kier alpha value is -4.46. The van der Waals surface area contributed by atoms with Crippen molar-refractivity contribution in [2.24, 2.45) is 10.2 Å². The minimum absolute atomic E-state index is 0.145. The molecule has 0 radical (unpaired) electrons. The Labute approximate surface area is 172 Å². The highest BCUT2D eigenvalue weighted by molar-refractivity contribution is 5.98. The lowest BCUT2D eigenvalue weighted by molar-refractivity contribution is 0.0943. The maximum atomic E-state index is 12.1. The number of aromatic hydroxyl groups is 2. The molecule has 0 saturated carbocycles. The van der Waals surface area contributed by atoms with Gasteiger partial charge in [0.15, 0.2) is 0 Å². The summed E-state index contributed by atoms with van der Waals surface area (Å²) in [5, 5.41) is 26.2. The van der Waals surface area contributed by atoms with Crippen LogP contribution < -0.4 is 10.9 Å². The van der Waals surface area contributed by atoms with Gasteiger partial charge in [-0.25, -0.2) is 10.9 Å². The van der Waals surface area contributed by atoms with E-state index in [9.17, 15) is 19.8 Å². The summed E-state index contributed by atoms with van der Waals surface area (Å²) in [6, 6.07) is 18.7. The monoisotopic (exact) mass is 402 g/mol. The summed E-state index contributed by atoms with van der Waals surface area (Å²) < 4.78 is 0. The van der Waals surface area contributed by atoms with E-state index in [1.54, 1.807) is 24.3 Å². The molecule has 2 amide bonds. The quantitative estimate of drug-likeness (QED) is 0.374. The van der Waals surface area contributed by atoms with Gasteiger partial charge in [0.1, 0.15) is 11.5 Å². The Kier molecular flexibility index (Phi) is 6.52. The van der Waals surface area contributed by atoms with Crippen molar-refractivity contribution < 1.29 is 19.8 Å². The van der Waals surface area contributed by atoms with Crippen LogP contribution in [0.3, 0.4) is 0 Å². The summed E-state index contributed by atoms with van der Waals surface area (Å²) in [6.45, 7) is 0. The first-order valence-corrected chi connectivity index (χ1v) is 8.86. The number of amides is 2. The van der Waals surface area contributed by atoms with Gasteiger partial charge in [-0.3, -0.25) is 9.59 Å². The number of phenols is 2. The highest BCUT2D eigenvalue weighted by Gasteiger charge is 2.08. The predicted octanol–water partition coefficient (Wildman–Crippen LogP) is 2.63. The van der Waals surface area contributed by atoms with Gasteiger partial charge in [0.2, 0.25) is 0 Å². The Bertz CT molecular complexity index is 985. The number of benzene rings is 3. The molecule has 0 aliphatic carbocycles. The summed E-state index contributed by atoms with van der Waals surface area (Å²) in [5.74, 6) is -0.567. The summed E-state index contributed by atoms with van der Waals surface area (Å²) in [5.41, 5.74) is 6.89. The Balaban J connectivity index is 1.53. The van der Waals surface area contributed by atoms with E-state index in [1.165, 1.54) is 61.0 Å². The molecule has 0 heterocycles. The maximum Gasteiger partial charge on any atom is 0.271 e. The average molecular weight is 402 g/mol. The van der Waals surface area contributed by atoms with Crippen LogP contribution in [0.1, 0.15) is 31.8 Å². The van der Waals surface area contributed by atoms with Gasteiger partial charge in [-0.2, -0.15) is 10.2 Å². The molecule has 0 spiro atoms. The minimum atomic E-state index is -0.428. The van der Waals surface area contributed by atoms with Crippen molar-refractivity contribution in [3.8, 4) is 11.5 Å². The number of hydrazone groups is 2. The van der Waals surface area contributed by atoms with Gasteiger partial charge in [0, 0.05) is 11.1 Å². The Morgan fingerprint density at radius 2 is 0.933 bits per heavy atom. The number of phenolic OH excluding ortho intramolecular Hbond substituents is 2. The van der Waals surface area contributed by atoms with Gasteiger partial charge < -0.3 is 10.2 Å². The molecule has 0 aromatic heterocycles. The lowest BCUT2D eigenvalue weighted by Gasteiger charge is -2.03. The highest BCUT2D eigenvalue weighted by atomic mass is 16.3. The van der Waals surface area contributed by atoms with Gasteiger partial charge in [-0.1, -0.05) is 0 Å². The van der Waals surface area contributed by atoms with Crippen molar-refractivity contribution in [1.82, 2.24) is 10.9 Å². The summed E-state index contributed by atoms with van der Waals surface area (Å²) in [7, 11) is 0.